The van der Waals surface area contributed by atoms with Crippen LogP contribution in [0.4, 0.5) is 0 Å². The van der Waals surface area contributed by atoms with Crippen molar-refractivity contribution < 1.29 is 19.4 Å². The van der Waals surface area contributed by atoms with E-state index in [0.717, 1.165) is 0 Å². The fourth-order valence-corrected chi connectivity index (χ4v) is 2.50. The summed E-state index contributed by atoms with van der Waals surface area (Å²) in [6.45, 7) is 7.47. The van der Waals surface area contributed by atoms with Gasteiger partial charge in [0, 0.05) is 20.2 Å². The molecule has 118 valence electrons. The zero-order chi connectivity index (χ0) is 15.2. The van der Waals surface area contributed by atoms with Crippen LogP contribution in [0.3, 0.4) is 0 Å². The van der Waals surface area contributed by atoms with Crippen molar-refractivity contribution in [3.63, 3.8) is 0 Å². The predicted octanol–water partition coefficient (Wildman–Crippen LogP) is 1.49. The zero-order valence-electron chi connectivity index (χ0n) is 13.2. The van der Waals surface area contributed by atoms with Gasteiger partial charge in [0.1, 0.15) is 0 Å². The Morgan fingerprint density at radius 2 is 2.00 bits per heavy atom. The van der Waals surface area contributed by atoms with Crippen molar-refractivity contribution in [3.8, 4) is 0 Å². The number of esters is 1. The summed E-state index contributed by atoms with van der Waals surface area (Å²) in [5.41, 5.74) is -0.953. The van der Waals surface area contributed by atoms with Crippen LogP contribution >= 0.6 is 0 Å². The molecule has 0 amide bonds. The third kappa shape index (κ3) is 5.38. The molecule has 1 rings (SSSR count). The Bertz CT molecular complexity index is 309. The van der Waals surface area contributed by atoms with Crippen molar-refractivity contribution >= 4 is 5.97 Å². The summed E-state index contributed by atoms with van der Waals surface area (Å²) in [5.74, 6) is -0.173. The number of hydrogen-bond acceptors (Lipinski definition) is 5. The first-order valence-electron chi connectivity index (χ1n) is 7.47. The van der Waals surface area contributed by atoms with E-state index < -0.39 is 5.60 Å². The molecule has 0 aromatic carbocycles. The maximum absolute atomic E-state index is 11.7. The lowest BCUT2D eigenvalue weighted by atomic mass is 9.78. The molecule has 20 heavy (non-hydrogen) atoms. The first-order valence-corrected chi connectivity index (χ1v) is 7.47. The second kappa shape index (κ2) is 7.38. The molecule has 0 spiro atoms. The molecule has 0 aromatic heterocycles. The molecule has 0 atom stereocenters. The van der Waals surface area contributed by atoms with Crippen LogP contribution in [0.1, 0.15) is 46.5 Å². The molecule has 1 aliphatic carbocycles. The fourth-order valence-electron chi connectivity index (χ4n) is 2.50. The van der Waals surface area contributed by atoms with Crippen LogP contribution in [0, 0.1) is 5.92 Å². The van der Waals surface area contributed by atoms with Gasteiger partial charge in [0.05, 0.1) is 23.7 Å². The third-order valence-corrected chi connectivity index (χ3v) is 4.09. The topological polar surface area (TPSA) is 67.8 Å². The first kappa shape index (κ1) is 17.4. The van der Waals surface area contributed by atoms with Gasteiger partial charge in [0.25, 0.3) is 0 Å². The smallest absolute Gasteiger partial charge is 0.308 e. The van der Waals surface area contributed by atoms with Gasteiger partial charge in [-0.3, -0.25) is 4.79 Å². The van der Waals surface area contributed by atoms with Crippen molar-refractivity contribution in [2.75, 3.05) is 26.8 Å². The average molecular weight is 287 g/mol. The van der Waals surface area contributed by atoms with E-state index in [2.05, 4.69) is 5.32 Å². The minimum atomic E-state index is -0.715. The minimum Gasteiger partial charge on any atom is -0.466 e. The Hall–Kier alpha value is -0.650. The number of nitrogens with one attached hydrogen (secondary N) is 1. The first-order chi connectivity index (χ1) is 9.32. The molecule has 0 unspecified atom stereocenters. The Balaban J connectivity index is 2.33. The highest BCUT2D eigenvalue weighted by Crippen LogP contribution is 2.32. The highest BCUT2D eigenvalue weighted by molar-refractivity contribution is 5.72. The monoisotopic (exact) mass is 287 g/mol. The Morgan fingerprint density at radius 1 is 1.40 bits per heavy atom. The van der Waals surface area contributed by atoms with Crippen molar-refractivity contribution in [2.24, 2.45) is 5.92 Å². The van der Waals surface area contributed by atoms with Gasteiger partial charge in [0.15, 0.2) is 0 Å². The molecule has 0 radical (unpaired) electrons. The quantitative estimate of drug-likeness (QED) is 0.694. The summed E-state index contributed by atoms with van der Waals surface area (Å²) >= 11 is 0. The van der Waals surface area contributed by atoms with Gasteiger partial charge in [-0.05, 0) is 46.5 Å². The molecule has 0 saturated heterocycles. The van der Waals surface area contributed by atoms with Crippen molar-refractivity contribution in [3.05, 3.63) is 0 Å². The molecule has 1 fully saturated rings. The second-order valence-corrected chi connectivity index (χ2v) is 6.32. The van der Waals surface area contributed by atoms with Gasteiger partial charge in [-0.1, -0.05) is 0 Å². The number of methoxy groups -OCH3 is 1. The molecule has 0 bridgehead atoms. The van der Waals surface area contributed by atoms with Gasteiger partial charge in [-0.15, -0.1) is 0 Å². The summed E-state index contributed by atoms with van der Waals surface area (Å²) in [4.78, 5) is 11.7. The standard InChI is InChI=1S/C15H29NO4/c1-5-20-13(17)12-6-8-15(18,9-7-12)11-16-10-14(2,3)19-4/h12,16,18H,5-11H2,1-4H3. The van der Waals surface area contributed by atoms with E-state index in [1.165, 1.54) is 0 Å². The summed E-state index contributed by atoms with van der Waals surface area (Å²) in [7, 11) is 1.68. The van der Waals surface area contributed by atoms with E-state index in [4.69, 9.17) is 9.47 Å². The lowest BCUT2D eigenvalue weighted by Gasteiger charge is -2.36. The Kier molecular flexibility index (Phi) is 6.43. The molecular formula is C15H29NO4. The minimum absolute atomic E-state index is 0.0503. The summed E-state index contributed by atoms with van der Waals surface area (Å²) in [6.07, 6.45) is 2.67. The van der Waals surface area contributed by atoms with Crippen LogP contribution in [-0.2, 0) is 14.3 Å². The number of carbonyl (C=O) groups is 1. The van der Waals surface area contributed by atoms with Gasteiger partial charge in [-0.2, -0.15) is 0 Å². The van der Waals surface area contributed by atoms with Gasteiger partial charge >= 0.3 is 5.97 Å². The average Bonchev–Trinajstić information content (AvgIpc) is 2.39. The second-order valence-electron chi connectivity index (χ2n) is 6.32. The number of rotatable bonds is 7. The normalized spacial score (nSPS) is 27.4. The van der Waals surface area contributed by atoms with Crippen LogP contribution in [0.2, 0.25) is 0 Å². The van der Waals surface area contributed by atoms with E-state index in [1.807, 2.05) is 20.8 Å². The van der Waals surface area contributed by atoms with Crippen LogP contribution in [0.15, 0.2) is 0 Å². The van der Waals surface area contributed by atoms with E-state index in [-0.39, 0.29) is 17.5 Å². The van der Waals surface area contributed by atoms with Gasteiger partial charge in [-0.25, -0.2) is 0 Å². The summed E-state index contributed by atoms with van der Waals surface area (Å²) < 4.78 is 10.4. The van der Waals surface area contributed by atoms with Crippen molar-refractivity contribution in [1.82, 2.24) is 5.32 Å². The number of carbonyl (C=O) groups excluding carboxylic acids is 1. The molecule has 1 aliphatic rings. The fraction of sp³-hybridized carbons (Fsp3) is 0.933. The van der Waals surface area contributed by atoms with E-state index in [9.17, 15) is 9.90 Å². The highest BCUT2D eigenvalue weighted by Gasteiger charge is 2.36. The molecule has 2 N–H and O–H groups in total. The third-order valence-electron chi connectivity index (χ3n) is 4.09. The summed E-state index contributed by atoms with van der Waals surface area (Å²) in [6, 6.07) is 0. The Morgan fingerprint density at radius 3 is 2.50 bits per heavy atom. The molecule has 0 heterocycles. The van der Waals surface area contributed by atoms with Gasteiger partial charge in [0.2, 0.25) is 0 Å². The summed E-state index contributed by atoms with van der Waals surface area (Å²) in [5, 5.41) is 13.8. The van der Waals surface area contributed by atoms with E-state index in [0.29, 0.717) is 45.4 Å². The number of hydrogen-bond donors (Lipinski definition) is 2. The van der Waals surface area contributed by atoms with Crippen LogP contribution < -0.4 is 5.32 Å². The lowest BCUT2D eigenvalue weighted by molar-refractivity contribution is -0.151. The van der Waals surface area contributed by atoms with Crippen LogP contribution in [0.25, 0.3) is 0 Å². The van der Waals surface area contributed by atoms with Crippen molar-refractivity contribution in [2.45, 2.75) is 57.7 Å². The lowest BCUT2D eigenvalue weighted by Crippen LogP contribution is -2.48. The molecular weight excluding hydrogens is 258 g/mol. The van der Waals surface area contributed by atoms with Crippen LogP contribution in [0.5, 0.6) is 0 Å². The molecule has 0 aliphatic heterocycles. The van der Waals surface area contributed by atoms with E-state index >= 15 is 0 Å². The molecule has 5 nitrogen and oxygen atoms in total. The highest BCUT2D eigenvalue weighted by atomic mass is 16.5. The number of ether oxygens (including phenoxy) is 2. The molecule has 0 aromatic rings. The SMILES string of the molecule is CCOC(=O)C1CCC(O)(CNCC(C)(C)OC)CC1. The van der Waals surface area contributed by atoms with Crippen LogP contribution in [-0.4, -0.2) is 49.1 Å². The maximum atomic E-state index is 11.7. The largest absolute Gasteiger partial charge is 0.466 e. The van der Waals surface area contributed by atoms with E-state index in [1.54, 1.807) is 7.11 Å². The maximum Gasteiger partial charge on any atom is 0.308 e. The molecule has 5 heteroatoms. The van der Waals surface area contributed by atoms with Crippen molar-refractivity contribution in [1.29, 1.82) is 0 Å². The predicted molar refractivity (Wildman–Crippen MR) is 77.5 cm³/mol. The number of aliphatic hydroxyl groups is 1. The Labute approximate surface area is 122 Å². The molecule has 1 saturated carbocycles. The van der Waals surface area contributed by atoms with Gasteiger partial charge < -0.3 is 19.9 Å². The zero-order valence-corrected chi connectivity index (χ0v) is 13.2.